The van der Waals surface area contributed by atoms with E-state index in [9.17, 15) is 14.4 Å². The molecule has 4 rings (SSSR count). The van der Waals surface area contributed by atoms with E-state index in [4.69, 9.17) is 4.74 Å². The van der Waals surface area contributed by atoms with Gasteiger partial charge in [-0.15, -0.1) is 0 Å². The van der Waals surface area contributed by atoms with Gasteiger partial charge in [0, 0.05) is 19.4 Å². The molecule has 33 heavy (non-hydrogen) atoms. The molecule has 0 saturated carbocycles. The van der Waals surface area contributed by atoms with Crippen LogP contribution in [0.4, 0.5) is 16.2 Å². The summed E-state index contributed by atoms with van der Waals surface area (Å²) < 4.78 is 5.27. The maximum absolute atomic E-state index is 13.6. The van der Waals surface area contributed by atoms with Gasteiger partial charge < -0.3 is 14.5 Å². The van der Waals surface area contributed by atoms with Crippen LogP contribution in [0.2, 0.25) is 0 Å². The van der Waals surface area contributed by atoms with Crippen molar-refractivity contribution < 1.29 is 19.1 Å². The molecule has 1 saturated heterocycles. The number of hydrazine groups is 1. The lowest BCUT2D eigenvalue weighted by atomic mass is 9.95. The fraction of sp³-hybridized carbons (Fsp3) is 0.400. The van der Waals surface area contributed by atoms with Crippen LogP contribution in [0.25, 0.3) is 0 Å². The molecule has 0 aromatic heterocycles. The number of amides is 3. The fourth-order valence-electron chi connectivity index (χ4n) is 4.27. The van der Waals surface area contributed by atoms with E-state index < -0.39 is 17.7 Å². The molecule has 1 atom stereocenters. The number of rotatable bonds is 5. The highest BCUT2D eigenvalue weighted by Gasteiger charge is 2.37. The zero-order valence-electron chi connectivity index (χ0n) is 19.3. The van der Waals surface area contributed by atoms with Gasteiger partial charge in [-0.3, -0.25) is 15.0 Å². The third-order valence-corrected chi connectivity index (χ3v) is 5.65. The Kier molecular flexibility index (Phi) is 6.37. The van der Waals surface area contributed by atoms with Crippen LogP contribution in [0.1, 0.15) is 44.7 Å². The highest BCUT2D eigenvalue weighted by Crippen LogP contribution is 2.39. The third-order valence-electron chi connectivity index (χ3n) is 5.65. The van der Waals surface area contributed by atoms with E-state index >= 15 is 0 Å². The first-order valence-electron chi connectivity index (χ1n) is 11.2. The van der Waals surface area contributed by atoms with E-state index in [0.717, 1.165) is 28.9 Å². The Bertz CT molecular complexity index is 1050. The van der Waals surface area contributed by atoms with E-state index in [2.05, 4.69) is 10.9 Å². The summed E-state index contributed by atoms with van der Waals surface area (Å²) in [6, 6.07) is 14.8. The molecule has 1 fully saturated rings. The third kappa shape index (κ3) is 5.17. The maximum atomic E-state index is 13.6. The van der Waals surface area contributed by atoms with Crippen molar-refractivity contribution >= 4 is 29.3 Å². The van der Waals surface area contributed by atoms with Gasteiger partial charge in [-0.05, 0) is 44.4 Å². The molecular weight excluding hydrogens is 420 g/mol. The second-order valence-electron chi connectivity index (χ2n) is 9.37. The summed E-state index contributed by atoms with van der Waals surface area (Å²) in [5, 5.41) is 0. The molecule has 2 N–H and O–H groups in total. The highest BCUT2D eigenvalue weighted by atomic mass is 16.6. The van der Waals surface area contributed by atoms with E-state index in [-0.39, 0.29) is 11.8 Å². The molecule has 2 aliphatic rings. The Hall–Kier alpha value is -3.39. The van der Waals surface area contributed by atoms with Gasteiger partial charge in [-0.25, -0.2) is 10.2 Å². The molecule has 0 aliphatic carbocycles. The van der Waals surface area contributed by atoms with Gasteiger partial charge in [0.2, 0.25) is 11.8 Å². The smallest absolute Gasteiger partial charge is 0.422 e. The number of hydrogen-bond donors (Lipinski definition) is 2. The predicted octanol–water partition coefficient (Wildman–Crippen LogP) is 3.30. The number of ether oxygens (including phenoxy) is 1. The average Bonchev–Trinajstić information content (AvgIpc) is 3.19. The predicted molar refractivity (Wildman–Crippen MR) is 126 cm³/mol. The zero-order valence-corrected chi connectivity index (χ0v) is 19.3. The van der Waals surface area contributed by atoms with Gasteiger partial charge in [-0.1, -0.05) is 42.5 Å². The van der Waals surface area contributed by atoms with Gasteiger partial charge in [0.15, 0.2) is 0 Å². The van der Waals surface area contributed by atoms with E-state index in [0.29, 0.717) is 25.9 Å². The molecule has 3 amide bonds. The van der Waals surface area contributed by atoms with Crippen LogP contribution < -0.4 is 20.7 Å². The van der Waals surface area contributed by atoms with Gasteiger partial charge in [-0.2, -0.15) is 0 Å². The standard InChI is InChI=1S/C25H30N4O4/c1-25(2,3)33-24(32)27-26-19-15-18-11-7-12-20(28-14-8-13-21(28)30)22(18)29(23(19)31)16-17-9-5-4-6-10-17/h4-7,9-12,19,26H,8,13-16H2,1-3H3,(H,27,32). The van der Waals surface area contributed by atoms with E-state index in [1.165, 1.54) is 0 Å². The second kappa shape index (κ2) is 9.23. The number of para-hydroxylation sites is 1. The minimum atomic E-state index is -0.668. The van der Waals surface area contributed by atoms with Crippen molar-refractivity contribution in [2.45, 2.75) is 58.2 Å². The largest absolute Gasteiger partial charge is 0.443 e. The Balaban J connectivity index is 1.65. The first kappa shape index (κ1) is 22.8. The van der Waals surface area contributed by atoms with E-state index in [1.807, 2.05) is 48.5 Å². The van der Waals surface area contributed by atoms with Crippen molar-refractivity contribution in [1.82, 2.24) is 10.9 Å². The summed E-state index contributed by atoms with van der Waals surface area (Å²) in [5.74, 6) is -0.108. The molecule has 8 nitrogen and oxygen atoms in total. The number of nitrogens with one attached hydrogen (secondary N) is 2. The summed E-state index contributed by atoms with van der Waals surface area (Å²) in [4.78, 5) is 41.7. The van der Waals surface area contributed by atoms with Crippen molar-refractivity contribution in [2.75, 3.05) is 16.3 Å². The first-order chi connectivity index (χ1) is 15.7. The summed E-state index contributed by atoms with van der Waals surface area (Å²) in [6.45, 7) is 6.33. The molecule has 2 aromatic carbocycles. The second-order valence-corrected chi connectivity index (χ2v) is 9.37. The molecule has 2 aromatic rings. The molecule has 0 radical (unpaired) electrons. The summed E-state index contributed by atoms with van der Waals surface area (Å²) in [5.41, 5.74) is 8.14. The monoisotopic (exact) mass is 450 g/mol. The Morgan fingerprint density at radius 1 is 1.09 bits per heavy atom. The minimum absolute atomic E-state index is 0.0716. The van der Waals surface area contributed by atoms with Crippen molar-refractivity contribution in [2.24, 2.45) is 0 Å². The topological polar surface area (TPSA) is 91.0 Å². The number of nitrogens with zero attached hydrogens (tertiary/aromatic N) is 2. The molecule has 0 spiro atoms. The van der Waals surface area contributed by atoms with Crippen LogP contribution >= 0.6 is 0 Å². The SMILES string of the molecule is CC(C)(C)OC(=O)NNC1Cc2cccc(N3CCCC3=O)c2N(Cc2ccccc2)C1=O. The van der Waals surface area contributed by atoms with Gasteiger partial charge in [0.05, 0.1) is 17.9 Å². The van der Waals surface area contributed by atoms with Crippen LogP contribution in [0.5, 0.6) is 0 Å². The number of carbonyl (C=O) groups excluding carboxylic acids is 3. The maximum Gasteiger partial charge on any atom is 0.422 e. The van der Waals surface area contributed by atoms with Gasteiger partial charge in [0.25, 0.3) is 0 Å². The van der Waals surface area contributed by atoms with Gasteiger partial charge >= 0.3 is 6.09 Å². The number of benzene rings is 2. The fourth-order valence-corrected chi connectivity index (χ4v) is 4.27. The Morgan fingerprint density at radius 2 is 1.85 bits per heavy atom. The lowest BCUT2D eigenvalue weighted by molar-refractivity contribution is -0.121. The lowest BCUT2D eigenvalue weighted by Gasteiger charge is -2.37. The summed E-state index contributed by atoms with van der Waals surface area (Å²) in [6.07, 6.45) is 1.05. The van der Waals surface area contributed by atoms with Crippen LogP contribution in [0, 0.1) is 0 Å². The number of anilines is 2. The highest BCUT2D eigenvalue weighted by molar-refractivity contribution is 6.07. The number of fused-ring (bicyclic) bond motifs is 1. The molecule has 174 valence electrons. The summed E-state index contributed by atoms with van der Waals surface area (Å²) in [7, 11) is 0. The van der Waals surface area contributed by atoms with Crippen LogP contribution in [0.15, 0.2) is 48.5 Å². The van der Waals surface area contributed by atoms with Crippen molar-refractivity contribution in [3.05, 3.63) is 59.7 Å². The molecule has 0 bridgehead atoms. The van der Waals surface area contributed by atoms with Crippen LogP contribution in [-0.4, -0.2) is 36.1 Å². The van der Waals surface area contributed by atoms with E-state index in [1.54, 1.807) is 30.6 Å². The number of carbonyl (C=O) groups is 3. The molecule has 2 heterocycles. The quantitative estimate of drug-likeness (QED) is 0.682. The Labute approximate surface area is 193 Å². The van der Waals surface area contributed by atoms with Gasteiger partial charge in [0.1, 0.15) is 11.6 Å². The number of hydrogen-bond acceptors (Lipinski definition) is 5. The molecule has 8 heteroatoms. The Morgan fingerprint density at radius 3 is 2.52 bits per heavy atom. The molecule has 2 aliphatic heterocycles. The lowest BCUT2D eigenvalue weighted by Crippen LogP contribution is -2.56. The molecular formula is C25H30N4O4. The van der Waals surface area contributed by atoms with Crippen molar-refractivity contribution in [3.63, 3.8) is 0 Å². The zero-order chi connectivity index (χ0) is 23.6. The van der Waals surface area contributed by atoms with Crippen LogP contribution in [0.3, 0.4) is 0 Å². The van der Waals surface area contributed by atoms with Crippen molar-refractivity contribution in [1.29, 1.82) is 0 Å². The first-order valence-corrected chi connectivity index (χ1v) is 11.2. The molecule has 1 unspecified atom stereocenters. The van der Waals surface area contributed by atoms with Crippen LogP contribution in [-0.2, 0) is 27.3 Å². The van der Waals surface area contributed by atoms with Crippen molar-refractivity contribution in [3.8, 4) is 0 Å². The average molecular weight is 451 g/mol. The normalized spacial score (nSPS) is 18.3. The minimum Gasteiger partial charge on any atom is -0.443 e. The summed E-state index contributed by atoms with van der Waals surface area (Å²) >= 11 is 0.